The highest BCUT2D eigenvalue weighted by Gasteiger charge is 2.29. The minimum absolute atomic E-state index is 0.198. The van der Waals surface area contributed by atoms with Crippen molar-refractivity contribution in [2.45, 2.75) is 12.8 Å². The molecule has 0 saturated heterocycles. The molecule has 0 radical (unpaired) electrons. The fourth-order valence-electron chi connectivity index (χ4n) is 2.91. The first-order chi connectivity index (χ1) is 12.0. The van der Waals surface area contributed by atoms with Gasteiger partial charge in [-0.2, -0.15) is 4.39 Å². The number of nitrogens with one attached hydrogen (secondary N) is 1. The van der Waals surface area contributed by atoms with Crippen molar-refractivity contribution in [1.29, 1.82) is 5.41 Å². The van der Waals surface area contributed by atoms with Crippen LogP contribution in [0.4, 0.5) is 8.78 Å². The average molecular weight is 338 g/mol. The van der Waals surface area contributed by atoms with Gasteiger partial charge in [-0.15, -0.1) is 0 Å². The average Bonchev–Trinajstić information content (AvgIpc) is 3.40. The molecule has 6 heteroatoms. The van der Waals surface area contributed by atoms with Gasteiger partial charge in [0.1, 0.15) is 11.5 Å². The van der Waals surface area contributed by atoms with E-state index >= 15 is 0 Å². The third-order valence-electron chi connectivity index (χ3n) is 4.44. The maximum atomic E-state index is 13.9. The van der Waals surface area contributed by atoms with Crippen LogP contribution in [0.5, 0.6) is 0 Å². The number of aromatic nitrogens is 2. The van der Waals surface area contributed by atoms with E-state index in [1.807, 2.05) is 0 Å². The molecule has 4 nitrogen and oxygen atoms in total. The molecule has 1 fully saturated rings. The largest absolute Gasteiger partial charge is 0.401 e. The molecular formula is C19H16F2N4. The van der Waals surface area contributed by atoms with Crippen LogP contribution in [0.1, 0.15) is 24.0 Å². The molecule has 1 saturated carbocycles. The van der Waals surface area contributed by atoms with Crippen molar-refractivity contribution in [3.8, 4) is 0 Å². The number of nitrogens with two attached hydrogens (primary N) is 1. The van der Waals surface area contributed by atoms with E-state index in [2.05, 4.69) is 4.98 Å². The minimum Gasteiger partial charge on any atom is -0.401 e. The van der Waals surface area contributed by atoms with Crippen LogP contribution in [0, 0.1) is 23.1 Å². The van der Waals surface area contributed by atoms with Crippen LogP contribution in [-0.4, -0.2) is 15.1 Å². The van der Waals surface area contributed by atoms with Crippen LogP contribution in [0.15, 0.2) is 54.5 Å². The Morgan fingerprint density at radius 3 is 2.44 bits per heavy atom. The number of rotatable bonds is 4. The van der Waals surface area contributed by atoms with E-state index < -0.39 is 5.95 Å². The van der Waals surface area contributed by atoms with E-state index in [1.54, 1.807) is 30.5 Å². The van der Waals surface area contributed by atoms with Gasteiger partial charge in [0.15, 0.2) is 0 Å². The maximum Gasteiger partial charge on any atom is 0.217 e. The van der Waals surface area contributed by atoms with Crippen LogP contribution in [0.25, 0.3) is 11.2 Å². The van der Waals surface area contributed by atoms with Crippen LogP contribution in [0.2, 0.25) is 0 Å². The van der Waals surface area contributed by atoms with Gasteiger partial charge in [0, 0.05) is 28.6 Å². The van der Waals surface area contributed by atoms with E-state index in [0.29, 0.717) is 28.0 Å². The predicted octanol–water partition coefficient (Wildman–Crippen LogP) is 3.76. The van der Waals surface area contributed by atoms with Crippen LogP contribution in [0.3, 0.4) is 0 Å². The summed E-state index contributed by atoms with van der Waals surface area (Å²) in [5.41, 5.74) is 9.39. The minimum atomic E-state index is -0.477. The summed E-state index contributed by atoms with van der Waals surface area (Å²) >= 11 is 0. The van der Waals surface area contributed by atoms with Crippen LogP contribution >= 0.6 is 0 Å². The van der Waals surface area contributed by atoms with Crippen molar-refractivity contribution in [1.82, 2.24) is 9.38 Å². The highest BCUT2D eigenvalue weighted by molar-refractivity contribution is 6.31. The summed E-state index contributed by atoms with van der Waals surface area (Å²) in [4.78, 5) is 3.97. The smallest absolute Gasteiger partial charge is 0.217 e. The summed E-state index contributed by atoms with van der Waals surface area (Å²) < 4.78 is 28.4. The Morgan fingerprint density at radius 2 is 1.76 bits per heavy atom. The molecule has 2 heterocycles. The lowest BCUT2D eigenvalue weighted by Crippen LogP contribution is -2.13. The van der Waals surface area contributed by atoms with E-state index in [0.717, 1.165) is 19.0 Å². The maximum absolute atomic E-state index is 13.9. The first kappa shape index (κ1) is 15.5. The molecule has 0 bridgehead atoms. The van der Waals surface area contributed by atoms with Gasteiger partial charge < -0.3 is 5.73 Å². The summed E-state index contributed by atoms with van der Waals surface area (Å²) in [6.07, 6.45) is 4.71. The molecule has 1 aliphatic carbocycles. The normalized spacial score (nSPS) is 15.3. The first-order valence-corrected chi connectivity index (χ1v) is 8.02. The number of allylic oxidation sites excluding steroid dienone is 2. The lowest BCUT2D eigenvalue weighted by molar-refractivity contribution is 0.573. The van der Waals surface area contributed by atoms with E-state index in [9.17, 15) is 8.78 Å². The monoisotopic (exact) mass is 338 g/mol. The zero-order valence-corrected chi connectivity index (χ0v) is 13.3. The molecule has 0 unspecified atom stereocenters. The summed E-state index contributed by atoms with van der Waals surface area (Å²) in [7, 11) is 0. The molecule has 0 atom stereocenters. The zero-order valence-electron chi connectivity index (χ0n) is 13.3. The van der Waals surface area contributed by atoms with Crippen molar-refractivity contribution in [2.75, 3.05) is 0 Å². The summed E-state index contributed by atoms with van der Waals surface area (Å²) in [5.74, 6) is -0.604. The second kappa shape index (κ2) is 5.81. The Morgan fingerprint density at radius 1 is 1.08 bits per heavy atom. The molecule has 25 heavy (non-hydrogen) atoms. The van der Waals surface area contributed by atoms with E-state index in [4.69, 9.17) is 11.1 Å². The van der Waals surface area contributed by atoms with Gasteiger partial charge in [0.2, 0.25) is 5.95 Å². The molecule has 2 aromatic heterocycles. The third-order valence-corrected chi connectivity index (χ3v) is 4.44. The topological polar surface area (TPSA) is 67.2 Å². The summed E-state index contributed by atoms with van der Waals surface area (Å²) in [5, 5.41) is 8.59. The lowest BCUT2D eigenvalue weighted by atomic mass is 9.94. The number of imidazole rings is 1. The molecule has 0 aliphatic heterocycles. The molecule has 4 rings (SSSR count). The quantitative estimate of drug-likeness (QED) is 0.711. The van der Waals surface area contributed by atoms with Crippen molar-refractivity contribution >= 4 is 16.9 Å². The van der Waals surface area contributed by atoms with Gasteiger partial charge in [-0.05, 0) is 55.2 Å². The molecule has 3 N–H and O–H groups in total. The number of benzene rings is 1. The molecule has 3 aromatic rings. The molecular weight excluding hydrogens is 322 g/mol. The molecule has 1 aliphatic rings. The van der Waals surface area contributed by atoms with Gasteiger partial charge in [0.05, 0.1) is 11.9 Å². The standard InChI is InChI=1S/C19H16F2N4/c20-14-6-3-12(4-7-14)19(23)17(18(22)11-1-2-11)13-5-8-16-24-9-15(21)25(16)10-13/h3-11,23H,1-2,22H2/b18-17-,23-19?. The number of nitrogens with zero attached hydrogens (tertiary/aromatic N) is 2. The van der Waals surface area contributed by atoms with E-state index in [-0.39, 0.29) is 17.4 Å². The van der Waals surface area contributed by atoms with Crippen LogP contribution < -0.4 is 5.73 Å². The van der Waals surface area contributed by atoms with Gasteiger partial charge >= 0.3 is 0 Å². The van der Waals surface area contributed by atoms with Crippen molar-refractivity contribution in [3.05, 3.63) is 77.4 Å². The highest BCUT2D eigenvalue weighted by Crippen LogP contribution is 2.38. The Balaban J connectivity index is 1.86. The fraction of sp³-hybridized carbons (Fsp3) is 0.158. The lowest BCUT2D eigenvalue weighted by Gasteiger charge is -2.14. The first-order valence-electron chi connectivity index (χ1n) is 8.02. The number of halogens is 2. The molecule has 1 aromatic carbocycles. The van der Waals surface area contributed by atoms with Gasteiger partial charge in [0.25, 0.3) is 0 Å². The second-order valence-corrected chi connectivity index (χ2v) is 6.21. The number of fused-ring (bicyclic) bond motifs is 1. The Hall–Kier alpha value is -3.02. The Bertz CT molecular complexity index is 998. The van der Waals surface area contributed by atoms with Crippen molar-refractivity contribution in [3.63, 3.8) is 0 Å². The zero-order chi connectivity index (χ0) is 17.6. The second-order valence-electron chi connectivity index (χ2n) is 6.21. The SMILES string of the molecule is N=C(/C(=C(\N)C1CC1)c1ccc2ncc(F)n2c1)c1ccc(F)cc1. The summed E-state index contributed by atoms with van der Waals surface area (Å²) in [6, 6.07) is 9.20. The molecule has 0 amide bonds. The number of hydrogen-bond donors (Lipinski definition) is 2. The van der Waals surface area contributed by atoms with E-state index in [1.165, 1.54) is 16.5 Å². The fourth-order valence-corrected chi connectivity index (χ4v) is 2.91. The van der Waals surface area contributed by atoms with Gasteiger partial charge in [-0.25, -0.2) is 9.37 Å². The Labute approximate surface area is 143 Å². The third kappa shape index (κ3) is 2.80. The van der Waals surface area contributed by atoms with Crippen molar-refractivity contribution in [2.24, 2.45) is 11.7 Å². The van der Waals surface area contributed by atoms with Crippen molar-refractivity contribution < 1.29 is 8.78 Å². The van der Waals surface area contributed by atoms with Gasteiger partial charge in [-0.1, -0.05) is 0 Å². The predicted molar refractivity (Wildman–Crippen MR) is 92.2 cm³/mol. The number of hydrogen-bond acceptors (Lipinski definition) is 3. The highest BCUT2D eigenvalue weighted by atomic mass is 19.1. The Kier molecular flexibility index (Phi) is 3.60. The molecule has 0 spiro atoms. The summed E-state index contributed by atoms with van der Waals surface area (Å²) in [6.45, 7) is 0. The molecule has 126 valence electrons. The van der Waals surface area contributed by atoms with Gasteiger partial charge in [-0.3, -0.25) is 9.81 Å². The van der Waals surface area contributed by atoms with Crippen LogP contribution in [-0.2, 0) is 0 Å². The number of pyridine rings is 1.